The molecule has 0 spiro atoms. The van der Waals surface area contributed by atoms with Gasteiger partial charge < -0.3 is 14.6 Å². The lowest BCUT2D eigenvalue weighted by atomic mass is 10.0. The molecule has 5 rings (SSSR count). The predicted octanol–water partition coefficient (Wildman–Crippen LogP) is 7.38. The van der Waals surface area contributed by atoms with Gasteiger partial charge in [0, 0.05) is 40.1 Å². The summed E-state index contributed by atoms with van der Waals surface area (Å²) in [7, 11) is 0. The summed E-state index contributed by atoms with van der Waals surface area (Å²) in [5, 5.41) is 7.87. The molecule has 0 aliphatic carbocycles. The lowest BCUT2D eigenvalue weighted by Crippen LogP contribution is -2.34. The first-order valence-corrected chi connectivity index (χ1v) is 13.2. The smallest absolute Gasteiger partial charge is 0.258 e. The second kappa shape index (κ2) is 10.7. The van der Waals surface area contributed by atoms with E-state index in [1.54, 1.807) is 6.07 Å². The minimum Gasteiger partial charge on any atom is -0.436 e. The molecule has 37 heavy (non-hydrogen) atoms. The van der Waals surface area contributed by atoms with Gasteiger partial charge in [-0.3, -0.25) is 10.1 Å². The Balaban J connectivity index is 1.30. The number of anilines is 2. The van der Waals surface area contributed by atoms with Crippen molar-refractivity contribution in [3.8, 4) is 11.5 Å². The van der Waals surface area contributed by atoms with Crippen molar-refractivity contribution in [1.82, 2.24) is 10.3 Å². The van der Waals surface area contributed by atoms with E-state index in [9.17, 15) is 4.79 Å². The number of halogens is 1. The molecule has 5 aromatic rings. The number of hydrogen-bond acceptors (Lipinski definition) is 5. The monoisotopic (exact) mass is 572 g/mol. The normalized spacial score (nSPS) is 11.0. The molecule has 2 N–H and O–H groups in total. The van der Waals surface area contributed by atoms with E-state index in [0.29, 0.717) is 28.2 Å². The van der Waals surface area contributed by atoms with Crippen molar-refractivity contribution in [3.05, 3.63) is 88.9 Å². The molecule has 0 saturated carbocycles. The van der Waals surface area contributed by atoms with E-state index in [1.165, 1.54) is 5.69 Å². The maximum atomic E-state index is 13.0. The molecule has 4 aromatic carbocycles. The number of amides is 1. The highest BCUT2D eigenvalue weighted by molar-refractivity contribution is 9.10. The Kier molecular flexibility index (Phi) is 7.21. The number of benzene rings is 4. The van der Waals surface area contributed by atoms with Crippen LogP contribution in [-0.4, -0.2) is 29.1 Å². The minimum absolute atomic E-state index is 0.201. The topological polar surface area (TPSA) is 70.4 Å². The van der Waals surface area contributed by atoms with E-state index < -0.39 is 0 Å². The molecular formula is C29H25BrN4O2S. The van der Waals surface area contributed by atoms with E-state index in [0.717, 1.165) is 33.9 Å². The Morgan fingerprint density at radius 1 is 0.973 bits per heavy atom. The molecule has 8 heteroatoms. The molecule has 0 radical (unpaired) electrons. The zero-order chi connectivity index (χ0) is 25.9. The van der Waals surface area contributed by atoms with E-state index in [2.05, 4.69) is 62.4 Å². The van der Waals surface area contributed by atoms with Gasteiger partial charge in [0.15, 0.2) is 10.7 Å². The number of nitrogens with zero attached hydrogens (tertiary/aromatic N) is 2. The Bertz CT molecular complexity index is 1610. The molecule has 1 aromatic heterocycles. The number of oxazole rings is 1. The predicted molar refractivity (Wildman–Crippen MR) is 158 cm³/mol. The molecule has 0 unspecified atom stereocenters. The second-order valence-corrected chi connectivity index (χ2v) is 9.73. The Morgan fingerprint density at radius 3 is 2.46 bits per heavy atom. The molecule has 0 fully saturated rings. The van der Waals surface area contributed by atoms with E-state index in [1.807, 2.05) is 60.7 Å². The number of nitrogens with one attached hydrogen (secondary N) is 2. The van der Waals surface area contributed by atoms with Crippen LogP contribution in [0.15, 0.2) is 87.8 Å². The number of thiocarbonyl (C=S) groups is 1. The molecule has 0 atom stereocenters. The number of rotatable bonds is 6. The van der Waals surface area contributed by atoms with Gasteiger partial charge in [-0.1, -0.05) is 40.2 Å². The molecule has 186 valence electrons. The number of carbonyl (C=O) groups excluding carboxylic acids is 1. The van der Waals surface area contributed by atoms with Gasteiger partial charge in [-0.25, -0.2) is 4.98 Å². The van der Waals surface area contributed by atoms with Gasteiger partial charge in [0.1, 0.15) is 5.52 Å². The van der Waals surface area contributed by atoms with Crippen LogP contribution in [0.1, 0.15) is 24.2 Å². The van der Waals surface area contributed by atoms with Crippen LogP contribution in [0.25, 0.3) is 33.3 Å². The Hall–Kier alpha value is -3.75. The summed E-state index contributed by atoms with van der Waals surface area (Å²) in [5.41, 5.74) is 4.70. The standard InChI is InChI=1S/C29H25BrN4O2S/c1-3-34(4-2)20-14-11-18(12-15-20)28-32-25-17-19(13-16-26(25)36-28)31-29(37)33-27(35)23-9-5-8-22-21(23)7-6-10-24(22)30/h5-17H,3-4H2,1-2H3,(H2,31,33,35,37). The number of aromatic nitrogens is 1. The Labute approximate surface area is 228 Å². The van der Waals surface area contributed by atoms with Crippen LogP contribution in [0.2, 0.25) is 0 Å². The highest BCUT2D eigenvalue weighted by Crippen LogP contribution is 2.28. The largest absolute Gasteiger partial charge is 0.436 e. The van der Waals surface area contributed by atoms with Gasteiger partial charge in [0.25, 0.3) is 5.91 Å². The quantitative estimate of drug-likeness (QED) is 0.207. The fourth-order valence-corrected chi connectivity index (χ4v) is 5.04. The average molecular weight is 574 g/mol. The lowest BCUT2D eigenvalue weighted by Gasteiger charge is -2.20. The van der Waals surface area contributed by atoms with Gasteiger partial charge in [-0.2, -0.15) is 0 Å². The van der Waals surface area contributed by atoms with Crippen molar-refractivity contribution in [1.29, 1.82) is 0 Å². The van der Waals surface area contributed by atoms with Crippen LogP contribution in [0, 0.1) is 0 Å². The number of carbonyl (C=O) groups is 1. The van der Waals surface area contributed by atoms with Crippen molar-refractivity contribution in [2.24, 2.45) is 0 Å². The van der Waals surface area contributed by atoms with Gasteiger partial charge >= 0.3 is 0 Å². The van der Waals surface area contributed by atoms with Gasteiger partial charge in [-0.05, 0) is 91.4 Å². The summed E-state index contributed by atoms with van der Waals surface area (Å²) in [6.07, 6.45) is 0. The second-order valence-electron chi connectivity index (χ2n) is 8.47. The summed E-state index contributed by atoms with van der Waals surface area (Å²) in [4.78, 5) is 19.9. The summed E-state index contributed by atoms with van der Waals surface area (Å²) in [5.74, 6) is 0.274. The molecule has 6 nitrogen and oxygen atoms in total. The summed E-state index contributed by atoms with van der Waals surface area (Å²) >= 11 is 8.96. The first-order chi connectivity index (χ1) is 18.0. The fourth-order valence-electron chi connectivity index (χ4n) is 4.33. The highest BCUT2D eigenvalue weighted by Gasteiger charge is 2.14. The summed E-state index contributed by atoms with van der Waals surface area (Å²) in [6, 6.07) is 25.1. The van der Waals surface area contributed by atoms with E-state index >= 15 is 0 Å². The van der Waals surface area contributed by atoms with Gasteiger partial charge in [0.2, 0.25) is 5.89 Å². The molecular weight excluding hydrogens is 548 g/mol. The molecule has 0 saturated heterocycles. The van der Waals surface area contributed by atoms with Crippen molar-refractivity contribution < 1.29 is 9.21 Å². The van der Waals surface area contributed by atoms with Crippen LogP contribution in [0.4, 0.5) is 11.4 Å². The molecule has 0 bridgehead atoms. The molecule has 1 heterocycles. The van der Waals surface area contributed by atoms with Crippen molar-refractivity contribution in [3.63, 3.8) is 0 Å². The zero-order valence-electron chi connectivity index (χ0n) is 20.4. The number of fused-ring (bicyclic) bond motifs is 2. The zero-order valence-corrected chi connectivity index (χ0v) is 22.8. The molecule has 0 aliphatic rings. The fraction of sp³-hybridized carbons (Fsp3) is 0.138. The van der Waals surface area contributed by atoms with Crippen molar-refractivity contribution in [2.45, 2.75) is 13.8 Å². The number of hydrogen-bond donors (Lipinski definition) is 2. The van der Waals surface area contributed by atoms with Gasteiger partial charge in [0.05, 0.1) is 0 Å². The van der Waals surface area contributed by atoms with Crippen LogP contribution < -0.4 is 15.5 Å². The van der Waals surface area contributed by atoms with Crippen LogP contribution in [-0.2, 0) is 0 Å². The summed E-state index contributed by atoms with van der Waals surface area (Å²) in [6.45, 7) is 6.19. The summed E-state index contributed by atoms with van der Waals surface area (Å²) < 4.78 is 6.91. The third-order valence-electron chi connectivity index (χ3n) is 6.23. The Morgan fingerprint density at radius 2 is 1.70 bits per heavy atom. The maximum absolute atomic E-state index is 13.0. The average Bonchev–Trinajstić information content (AvgIpc) is 3.33. The van der Waals surface area contributed by atoms with Crippen molar-refractivity contribution >= 4 is 72.4 Å². The maximum Gasteiger partial charge on any atom is 0.258 e. The van der Waals surface area contributed by atoms with E-state index in [4.69, 9.17) is 16.6 Å². The third kappa shape index (κ3) is 5.21. The lowest BCUT2D eigenvalue weighted by molar-refractivity contribution is 0.0979. The van der Waals surface area contributed by atoms with Gasteiger partial charge in [-0.15, -0.1) is 0 Å². The third-order valence-corrected chi connectivity index (χ3v) is 7.12. The highest BCUT2D eigenvalue weighted by atomic mass is 79.9. The van der Waals surface area contributed by atoms with Crippen LogP contribution in [0.3, 0.4) is 0 Å². The van der Waals surface area contributed by atoms with Crippen LogP contribution in [0.5, 0.6) is 0 Å². The van der Waals surface area contributed by atoms with Crippen molar-refractivity contribution in [2.75, 3.05) is 23.3 Å². The molecule has 1 amide bonds. The molecule has 0 aliphatic heterocycles. The van der Waals surface area contributed by atoms with Crippen LogP contribution >= 0.6 is 28.1 Å². The van der Waals surface area contributed by atoms with E-state index in [-0.39, 0.29) is 11.0 Å². The first kappa shape index (κ1) is 24.9. The minimum atomic E-state index is -0.279. The SMILES string of the molecule is CCN(CC)c1ccc(-c2nc3cc(NC(=S)NC(=O)c4cccc5c(Br)cccc45)ccc3o2)cc1. The first-order valence-electron chi connectivity index (χ1n) is 12.0.